The van der Waals surface area contributed by atoms with Crippen molar-refractivity contribution in [2.45, 2.75) is 19.9 Å². The smallest absolute Gasteiger partial charge is 0.148 e. The number of rotatable bonds is 8. The number of nitrogens with zero attached hydrogens (tertiary/aromatic N) is 1. The number of hydrogen-bond donors (Lipinski definition) is 1. The van der Waals surface area contributed by atoms with Crippen molar-refractivity contribution in [3.05, 3.63) is 35.9 Å². The first-order valence-electron chi connectivity index (χ1n) is 7.24. The Balaban J connectivity index is 2.74. The summed E-state index contributed by atoms with van der Waals surface area (Å²) in [5, 5.41) is 3.39. The van der Waals surface area contributed by atoms with Crippen molar-refractivity contribution in [2.75, 3.05) is 39.2 Å². The number of hydrogen-bond acceptors (Lipinski definition) is 4. The van der Waals surface area contributed by atoms with Crippen molar-refractivity contribution in [3.8, 4) is 0 Å². The van der Waals surface area contributed by atoms with Crippen LogP contribution in [0.25, 0.3) is 0 Å². The van der Waals surface area contributed by atoms with E-state index in [-0.39, 0.29) is 17.2 Å². The fourth-order valence-corrected chi connectivity index (χ4v) is 3.49. The van der Waals surface area contributed by atoms with Crippen LogP contribution in [-0.2, 0) is 9.84 Å². The zero-order valence-electron chi connectivity index (χ0n) is 13.8. The van der Waals surface area contributed by atoms with Gasteiger partial charge in [-0.1, -0.05) is 44.2 Å². The third kappa shape index (κ3) is 6.16. The van der Waals surface area contributed by atoms with E-state index in [9.17, 15) is 8.42 Å². The van der Waals surface area contributed by atoms with E-state index in [0.717, 1.165) is 6.54 Å². The van der Waals surface area contributed by atoms with Crippen LogP contribution in [0.15, 0.2) is 30.3 Å². The van der Waals surface area contributed by atoms with Gasteiger partial charge in [0.1, 0.15) is 9.84 Å². The molecule has 0 saturated carbocycles. The largest absolute Gasteiger partial charge is 0.313 e. The molecule has 21 heavy (non-hydrogen) atoms. The molecule has 0 heterocycles. The molecule has 1 aromatic carbocycles. The SMILES string of the molecule is CNC(c1ccccc1)C(C)(C)CN(C)CCS(C)(=O)=O. The van der Waals surface area contributed by atoms with E-state index >= 15 is 0 Å². The van der Waals surface area contributed by atoms with Gasteiger partial charge in [-0.25, -0.2) is 8.42 Å². The van der Waals surface area contributed by atoms with Crippen LogP contribution >= 0.6 is 0 Å². The molecule has 0 saturated heterocycles. The van der Waals surface area contributed by atoms with Crippen LogP contribution in [0.3, 0.4) is 0 Å². The van der Waals surface area contributed by atoms with Gasteiger partial charge in [-0.3, -0.25) is 0 Å². The summed E-state index contributed by atoms with van der Waals surface area (Å²) in [6.45, 7) is 5.80. The molecule has 0 aliphatic heterocycles. The minimum atomic E-state index is -2.91. The van der Waals surface area contributed by atoms with E-state index in [2.05, 4.69) is 36.2 Å². The van der Waals surface area contributed by atoms with Gasteiger partial charge in [0.2, 0.25) is 0 Å². The monoisotopic (exact) mass is 312 g/mol. The predicted molar refractivity (Wildman–Crippen MR) is 89.2 cm³/mol. The first-order valence-corrected chi connectivity index (χ1v) is 9.30. The van der Waals surface area contributed by atoms with Gasteiger partial charge in [-0.15, -0.1) is 0 Å². The second-order valence-electron chi connectivity index (χ2n) is 6.49. The Morgan fingerprint density at radius 1 is 1.24 bits per heavy atom. The third-order valence-corrected chi connectivity index (χ3v) is 4.65. The fourth-order valence-electron chi connectivity index (χ4n) is 2.84. The average molecular weight is 312 g/mol. The van der Waals surface area contributed by atoms with Gasteiger partial charge in [0.05, 0.1) is 5.75 Å². The van der Waals surface area contributed by atoms with Crippen molar-refractivity contribution < 1.29 is 8.42 Å². The van der Waals surface area contributed by atoms with Crippen molar-refractivity contribution in [3.63, 3.8) is 0 Å². The van der Waals surface area contributed by atoms with Crippen LogP contribution in [0.4, 0.5) is 0 Å². The first-order chi connectivity index (χ1) is 9.65. The van der Waals surface area contributed by atoms with E-state index in [1.807, 2.05) is 32.3 Å². The zero-order valence-corrected chi connectivity index (χ0v) is 14.6. The number of nitrogens with one attached hydrogen (secondary N) is 1. The minimum absolute atomic E-state index is 0.0116. The second-order valence-corrected chi connectivity index (χ2v) is 8.75. The summed E-state index contributed by atoms with van der Waals surface area (Å²) < 4.78 is 22.5. The van der Waals surface area contributed by atoms with Gasteiger partial charge < -0.3 is 10.2 Å². The molecule has 0 aliphatic carbocycles. The maximum absolute atomic E-state index is 11.3. The molecule has 0 spiro atoms. The minimum Gasteiger partial charge on any atom is -0.313 e. The number of benzene rings is 1. The Hall–Kier alpha value is -0.910. The topological polar surface area (TPSA) is 49.4 Å². The molecule has 1 N–H and O–H groups in total. The molecule has 0 radical (unpaired) electrons. The Morgan fingerprint density at radius 3 is 2.29 bits per heavy atom. The highest BCUT2D eigenvalue weighted by Gasteiger charge is 2.30. The van der Waals surface area contributed by atoms with Crippen molar-refractivity contribution in [1.82, 2.24) is 10.2 Å². The quantitative estimate of drug-likeness (QED) is 0.797. The molecular weight excluding hydrogens is 284 g/mol. The normalized spacial score (nSPS) is 14.4. The highest BCUT2D eigenvalue weighted by Crippen LogP contribution is 2.33. The van der Waals surface area contributed by atoms with Crippen LogP contribution in [0.5, 0.6) is 0 Å². The highest BCUT2D eigenvalue weighted by atomic mass is 32.2. The lowest BCUT2D eigenvalue weighted by molar-refractivity contribution is 0.166. The van der Waals surface area contributed by atoms with Gasteiger partial charge in [0, 0.05) is 25.4 Å². The zero-order chi connectivity index (χ0) is 16.1. The Morgan fingerprint density at radius 2 is 1.81 bits per heavy atom. The summed E-state index contributed by atoms with van der Waals surface area (Å²) in [5.74, 6) is 0.204. The molecule has 1 aromatic rings. The Kier molecular flexibility index (Phi) is 6.38. The van der Waals surface area contributed by atoms with Crippen LogP contribution < -0.4 is 5.32 Å². The summed E-state index contributed by atoms with van der Waals surface area (Å²) in [7, 11) is 1.03. The summed E-state index contributed by atoms with van der Waals surface area (Å²) in [5.41, 5.74) is 1.24. The standard InChI is InChI=1S/C16H28N2O2S/c1-16(2,13-18(4)11-12-21(5,19)20)15(17-3)14-9-7-6-8-10-14/h6-10,15,17H,11-13H2,1-5H3. The number of sulfone groups is 1. The highest BCUT2D eigenvalue weighted by molar-refractivity contribution is 7.90. The van der Waals surface area contributed by atoms with Gasteiger partial charge in [0.15, 0.2) is 0 Å². The van der Waals surface area contributed by atoms with E-state index in [4.69, 9.17) is 0 Å². The van der Waals surface area contributed by atoms with Gasteiger partial charge >= 0.3 is 0 Å². The molecule has 1 rings (SSSR count). The molecule has 1 atom stereocenters. The molecule has 0 aliphatic rings. The summed E-state index contributed by atoms with van der Waals surface area (Å²) >= 11 is 0. The maximum Gasteiger partial charge on any atom is 0.148 e. The molecule has 120 valence electrons. The molecular formula is C16H28N2O2S. The predicted octanol–water partition coefficient (Wildman–Crippen LogP) is 1.95. The maximum atomic E-state index is 11.3. The fraction of sp³-hybridized carbons (Fsp3) is 0.625. The van der Waals surface area contributed by atoms with Gasteiger partial charge in [-0.2, -0.15) is 0 Å². The lowest BCUT2D eigenvalue weighted by atomic mass is 9.80. The lowest BCUT2D eigenvalue weighted by Gasteiger charge is -2.37. The molecule has 0 amide bonds. The van der Waals surface area contributed by atoms with Gasteiger partial charge in [0.25, 0.3) is 0 Å². The average Bonchev–Trinajstić information content (AvgIpc) is 2.37. The molecule has 0 fully saturated rings. The summed E-state index contributed by atoms with van der Waals surface area (Å²) in [6.07, 6.45) is 1.28. The van der Waals surface area contributed by atoms with E-state index in [1.54, 1.807) is 0 Å². The first kappa shape index (κ1) is 18.1. The van der Waals surface area contributed by atoms with Crippen molar-refractivity contribution in [2.24, 2.45) is 5.41 Å². The van der Waals surface area contributed by atoms with Crippen molar-refractivity contribution >= 4 is 9.84 Å². The molecule has 0 bridgehead atoms. The molecule has 4 nitrogen and oxygen atoms in total. The molecule has 5 heteroatoms. The van der Waals surface area contributed by atoms with Crippen LogP contribution in [0, 0.1) is 5.41 Å². The summed E-state index contributed by atoms with van der Waals surface area (Å²) in [4.78, 5) is 2.09. The lowest BCUT2D eigenvalue weighted by Crippen LogP contribution is -2.41. The van der Waals surface area contributed by atoms with Crippen LogP contribution in [0.2, 0.25) is 0 Å². The van der Waals surface area contributed by atoms with Crippen LogP contribution in [0.1, 0.15) is 25.5 Å². The van der Waals surface area contributed by atoms with E-state index < -0.39 is 9.84 Å². The second kappa shape index (κ2) is 7.38. The Labute approximate surface area is 129 Å². The van der Waals surface area contributed by atoms with E-state index in [0.29, 0.717) is 6.54 Å². The summed E-state index contributed by atoms with van der Waals surface area (Å²) in [6, 6.07) is 10.6. The van der Waals surface area contributed by atoms with Crippen LogP contribution in [-0.4, -0.2) is 52.5 Å². The third-order valence-electron chi connectivity index (χ3n) is 3.72. The molecule has 1 unspecified atom stereocenters. The van der Waals surface area contributed by atoms with Crippen molar-refractivity contribution in [1.29, 1.82) is 0 Å². The van der Waals surface area contributed by atoms with E-state index in [1.165, 1.54) is 11.8 Å². The molecule has 0 aromatic heterocycles. The van der Waals surface area contributed by atoms with Gasteiger partial charge in [-0.05, 0) is 25.1 Å². The Bertz CT molecular complexity index is 526.